The molecule has 56 valence electrons. The minimum absolute atomic E-state index is 0.221. The van der Waals surface area contributed by atoms with Crippen LogP contribution >= 0.6 is 11.6 Å². The maximum absolute atomic E-state index is 5.33. The normalized spacial score (nSPS) is 7.90. The number of nitrogens with two attached hydrogens (primary N) is 1. The van der Waals surface area contributed by atoms with Crippen LogP contribution in [0.4, 0.5) is 5.69 Å². The summed E-state index contributed by atoms with van der Waals surface area (Å²) < 4.78 is 0. The highest BCUT2D eigenvalue weighted by molar-refractivity contribution is 6.28. The first-order valence-corrected chi connectivity index (χ1v) is 3.40. The van der Waals surface area contributed by atoms with Gasteiger partial charge in [-0.05, 0) is 11.6 Å². The summed E-state index contributed by atoms with van der Waals surface area (Å²) in [5.41, 5.74) is 5.77. The van der Waals surface area contributed by atoms with Crippen LogP contribution < -0.4 is 5.73 Å². The molecule has 3 nitrogen and oxygen atoms in total. The van der Waals surface area contributed by atoms with Crippen molar-refractivity contribution < 1.29 is 0 Å². The van der Waals surface area contributed by atoms with E-state index < -0.39 is 0 Å². The maximum atomic E-state index is 5.33. The van der Waals surface area contributed by atoms with Crippen LogP contribution in [0.3, 0.4) is 0 Å². The van der Waals surface area contributed by atoms with E-state index >= 15 is 0 Å². The molecule has 0 aromatic carbocycles. The van der Waals surface area contributed by atoms with E-state index in [1.165, 1.54) is 12.4 Å². The number of hydrogen-bond acceptors (Lipinski definition) is 3. The quantitative estimate of drug-likeness (QED) is 0.587. The van der Waals surface area contributed by atoms with Crippen molar-refractivity contribution in [3.05, 3.63) is 17.7 Å². The average molecular weight is 160 g/mol. The van der Waals surface area contributed by atoms with Crippen molar-refractivity contribution in [3.8, 4) is 0 Å². The van der Waals surface area contributed by atoms with Crippen LogP contribution in [0.25, 0.3) is 0 Å². The Kier molecular flexibility index (Phi) is 4.58. The SMILES string of the molecule is CC.Nc1cnc(Cl)nc1. The van der Waals surface area contributed by atoms with Crippen molar-refractivity contribution >= 4 is 17.3 Å². The molecule has 0 spiro atoms. The molecule has 0 unspecified atom stereocenters. The molecule has 0 radical (unpaired) electrons. The van der Waals surface area contributed by atoms with Gasteiger partial charge in [-0.25, -0.2) is 9.97 Å². The summed E-state index contributed by atoms with van der Waals surface area (Å²) in [5, 5.41) is 0.221. The number of nitrogens with zero attached hydrogens (tertiary/aromatic N) is 2. The zero-order valence-electron chi connectivity index (χ0n) is 6.00. The summed E-state index contributed by atoms with van der Waals surface area (Å²) >= 11 is 5.33. The first kappa shape index (κ1) is 9.17. The van der Waals surface area contributed by atoms with E-state index in [4.69, 9.17) is 17.3 Å². The second-order valence-electron chi connectivity index (χ2n) is 1.29. The molecule has 0 aliphatic heterocycles. The Labute approximate surface area is 65.2 Å². The molecule has 10 heavy (non-hydrogen) atoms. The van der Waals surface area contributed by atoms with Gasteiger partial charge in [0.2, 0.25) is 5.28 Å². The summed E-state index contributed by atoms with van der Waals surface area (Å²) in [4.78, 5) is 7.22. The predicted molar refractivity (Wildman–Crippen MR) is 42.8 cm³/mol. The molecule has 2 N–H and O–H groups in total. The molecule has 0 saturated carbocycles. The Morgan fingerprint density at radius 3 is 2.00 bits per heavy atom. The van der Waals surface area contributed by atoms with Crippen molar-refractivity contribution in [1.82, 2.24) is 9.97 Å². The molecule has 0 aliphatic rings. The van der Waals surface area contributed by atoms with E-state index in [1.54, 1.807) is 0 Å². The Morgan fingerprint density at radius 1 is 1.30 bits per heavy atom. The van der Waals surface area contributed by atoms with Gasteiger partial charge >= 0.3 is 0 Å². The summed E-state index contributed by atoms with van der Waals surface area (Å²) in [6.45, 7) is 4.00. The summed E-state index contributed by atoms with van der Waals surface area (Å²) in [7, 11) is 0. The summed E-state index contributed by atoms with van der Waals surface area (Å²) in [6.07, 6.45) is 2.91. The molecular formula is C6H10ClN3. The van der Waals surface area contributed by atoms with Crippen LogP contribution in [0.15, 0.2) is 12.4 Å². The summed E-state index contributed by atoms with van der Waals surface area (Å²) in [6, 6.07) is 0. The highest BCUT2D eigenvalue weighted by Gasteiger charge is 1.85. The van der Waals surface area contributed by atoms with Gasteiger partial charge in [0, 0.05) is 0 Å². The number of anilines is 1. The maximum Gasteiger partial charge on any atom is 0.222 e. The van der Waals surface area contributed by atoms with Crippen molar-refractivity contribution in [2.75, 3.05) is 5.73 Å². The number of hydrogen-bond donors (Lipinski definition) is 1. The lowest BCUT2D eigenvalue weighted by Gasteiger charge is -1.87. The molecule has 1 heterocycles. The van der Waals surface area contributed by atoms with Gasteiger partial charge in [-0.2, -0.15) is 0 Å². The third kappa shape index (κ3) is 3.25. The Hall–Kier alpha value is -0.830. The number of halogens is 1. The molecule has 0 atom stereocenters. The molecule has 0 fully saturated rings. The molecule has 0 bridgehead atoms. The van der Waals surface area contributed by atoms with Gasteiger partial charge in [0.15, 0.2) is 0 Å². The van der Waals surface area contributed by atoms with Crippen molar-refractivity contribution in [2.24, 2.45) is 0 Å². The minimum atomic E-state index is 0.221. The largest absolute Gasteiger partial charge is 0.396 e. The van der Waals surface area contributed by atoms with Gasteiger partial charge in [-0.15, -0.1) is 0 Å². The van der Waals surface area contributed by atoms with Gasteiger partial charge in [-0.3, -0.25) is 0 Å². The van der Waals surface area contributed by atoms with Crippen molar-refractivity contribution in [3.63, 3.8) is 0 Å². The highest BCUT2D eigenvalue weighted by Crippen LogP contribution is 1.99. The topological polar surface area (TPSA) is 51.8 Å². The fourth-order valence-electron chi connectivity index (χ4n) is 0.322. The van der Waals surface area contributed by atoms with Gasteiger partial charge in [0.1, 0.15) is 0 Å². The second-order valence-corrected chi connectivity index (χ2v) is 1.62. The lowest BCUT2D eigenvalue weighted by Crippen LogP contribution is -1.87. The van der Waals surface area contributed by atoms with Crippen molar-refractivity contribution in [1.29, 1.82) is 0 Å². The smallest absolute Gasteiger partial charge is 0.222 e. The van der Waals surface area contributed by atoms with E-state index in [1.807, 2.05) is 13.8 Å². The van der Waals surface area contributed by atoms with Gasteiger partial charge in [0.25, 0.3) is 0 Å². The van der Waals surface area contributed by atoms with Crippen LogP contribution in [0.5, 0.6) is 0 Å². The standard InChI is InChI=1S/C4H4ClN3.C2H6/c5-4-7-1-3(6)2-8-4;1-2/h1-2H,6H2;1-2H3. The molecular weight excluding hydrogens is 150 g/mol. The molecule has 1 rings (SSSR count). The Morgan fingerprint density at radius 2 is 1.70 bits per heavy atom. The van der Waals surface area contributed by atoms with Crippen molar-refractivity contribution in [2.45, 2.75) is 13.8 Å². The van der Waals surface area contributed by atoms with Crippen LogP contribution in [0, 0.1) is 0 Å². The van der Waals surface area contributed by atoms with Crippen LogP contribution in [0.2, 0.25) is 5.28 Å². The van der Waals surface area contributed by atoms with Gasteiger partial charge in [0.05, 0.1) is 18.1 Å². The molecule has 1 aromatic heterocycles. The van der Waals surface area contributed by atoms with Gasteiger partial charge < -0.3 is 5.73 Å². The Bertz CT molecular complexity index is 152. The molecule has 1 aromatic rings. The molecule has 4 heteroatoms. The summed E-state index contributed by atoms with van der Waals surface area (Å²) in [5.74, 6) is 0. The molecule has 0 amide bonds. The van der Waals surface area contributed by atoms with E-state index in [0.717, 1.165) is 0 Å². The average Bonchev–Trinajstić information content (AvgIpc) is 2.00. The highest BCUT2D eigenvalue weighted by atomic mass is 35.5. The second kappa shape index (κ2) is 4.99. The number of aromatic nitrogens is 2. The third-order valence-corrected chi connectivity index (χ3v) is 0.835. The lowest BCUT2D eigenvalue weighted by atomic mass is 10.6. The van der Waals surface area contributed by atoms with E-state index in [2.05, 4.69) is 9.97 Å². The molecule has 0 aliphatic carbocycles. The minimum Gasteiger partial charge on any atom is -0.396 e. The fourth-order valence-corrected chi connectivity index (χ4v) is 0.420. The van der Waals surface area contributed by atoms with E-state index in [0.29, 0.717) is 5.69 Å². The van der Waals surface area contributed by atoms with E-state index in [-0.39, 0.29) is 5.28 Å². The van der Waals surface area contributed by atoms with Crippen LogP contribution in [-0.4, -0.2) is 9.97 Å². The molecule has 0 saturated heterocycles. The Balaban J connectivity index is 0.000000371. The lowest BCUT2D eigenvalue weighted by molar-refractivity contribution is 1.17. The van der Waals surface area contributed by atoms with E-state index in [9.17, 15) is 0 Å². The number of nitrogen functional groups attached to an aromatic ring is 1. The number of rotatable bonds is 0. The van der Waals surface area contributed by atoms with Crippen LogP contribution in [-0.2, 0) is 0 Å². The van der Waals surface area contributed by atoms with Gasteiger partial charge in [-0.1, -0.05) is 13.8 Å². The third-order valence-electron chi connectivity index (χ3n) is 0.640. The monoisotopic (exact) mass is 159 g/mol. The van der Waals surface area contributed by atoms with Crippen LogP contribution in [0.1, 0.15) is 13.8 Å². The predicted octanol–water partition coefficient (Wildman–Crippen LogP) is 1.74. The first-order valence-electron chi connectivity index (χ1n) is 3.02. The zero-order chi connectivity index (χ0) is 7.98. The zero-order valence-corrected chi connectivity index (χ0v) is 6.76. The first-order chi connectivity index (χ1) is 4.79. The fraction of sp³-hybridized carbons (Fsp3) is 0.333.